The van der Waals surface area contributed by atoms with Gasteiger partial charge in [-0.2, -0.15) is 0 Å². The fourth-order valence-corrected chi connectivity index (χ4v) is 4.63. The first-order chi connectivity index (χ1) is 9.72. The average molecular weight is 280 g/mol. The van der Waals surface area contributed by atoms with Crippen LogP contribution in [0.5, 0.6) is 0 Å². The molecular weight excluding hydrogens is 248 g/mol. The third kappa shape index (κ3) is 3.05. The smallest absolute Gasteiger partial charge is 0.0561 e. The van der Waals surface area contributed by atoms with Crippen LogP contribution in [0.15, 0.2) is 0 Å². The molecule has 0 radical (unpaired) electrons. The van der Waals surface area contributed by atoms with Gasteiger partial charge in [0.1, 0.15) is 0 Å². The molecule has 3 heteroatoms. The number of nitrogens with zero attached hydrogens (tertiary/aromatic N) is 1. The van der Waals surface area contributed by atoms with E-state index in [2.05, 4.69) is 24.1 Å². The highest BCUT2D eigenvalue weighted by Crippen LogP contribution is 2.34. The number of hydrogen-bond donors (Lipinski definition) is 1. The Labute approximate surface area is 124 Å². The summed E-state index contributed by atoms with van der Waals surface area (Å²) in [5, 5.41) is 3.94. The Balaban J connectivity index is 1.70. The molecule has 0 aromatic heterocycles. The lowest BCUT2D eigenvalue weighted by Gasteiger charge is -2.53. The van der Waals surface area contributed by atoms with Gasteiger partial charge in [-0.15, -0.1) is 0 Å². The van der Waals surface area contributed by atoms with Gasteiger partial charge >= 0.3 is 0 Å². The van der Waals surface area contributed by atoms with Crippen molar-refractivity contribution in [2.75, 3.05) is 19.7 Å². The van der Waals surface area contributed by atoms with Crippen molar-refractivity contribution >= 4 is 0 Å². The molecule has 3 fully saturated rings. The molecule has 0 aromatic carbocycles. The Kier molecular flexibility index (Phi) is 4.68. The molecule has 3 atom stereocenters. The van der Waals surface area contributed by atoms with E-state index < -0.39 is 0 Å². The van der Waals surface area contributed by atoms with Gasteiger partial charge in [0, 0.05) is 37.3 Å². The maximum Gasteiger partial charge on any atom is 0.0561 e. The van der Waals surface area contributed by atoms with E-state index in [4.69, 9.17) is 4.74 Å². The predicted molar refractivity (Wildman–Crippen MR) is 83.0 cm³/mol. The molecule has 3 nitrogen and oxygen atoms in total. The van der Waals surface area contributed by atoms with Gasteiger partial charge in [0.2, 0.25) is 0 Å². The summed E-state index contributed by atoms with van der Waals surface area (Å²) in [6.45, 7) is 8.02. The number of nitrogens with one attached hydrogen (secondary N) is 1. The number of hydrogen-bond acceptors (Lipinski definition) is 3. The van der Waals surface area contributed by atoms with Crippen LogP contribution in [-0.4, -0.2) is 48.3 Å². The van der Waals surface area contributed by atoms with Crippen molar-refractivity contribution in [3.63, 3.8) is 0 Å². The highest BCUT2D eigenvalue weighted by atomic mass is 16.5. The zero-order chi connectivity index (χ0) is 14.0. The van der Waals surface area contributed by atoms with Crippen LogP contribution in [0, 0.1) is 0 Å². The van der Waals surface area contributed by atoms with Crippen LogP contribution in [0.3, 0.4) is 0 Å². The second kappa shape index (κ2) is 6.33. The quantitative estimate of drug-likeness (QED) is 0.841. The summed E-state index contributed by atoms with van der Waals surface area (Å²) in [4.78, 5) is 2.86. The first-order valence-electron chi connectivity index (χ1n) is 8.85. The lowest BCUT2D eigenvalue weighted by Crippen LogP contribution is -2.67. The van der Waals surface area contributed by atoms with E-state index in [9.17, 15) is 0 Å². The van der Waals surface area contributed by atoms with Crippen LogP contribution in [-0.2, 0) is 4.74 Å². The number of piperazine rings is 1. The van der Waals surface area contributed by atoms with Crippen molar-refractivity contribution < 1.29 is 4.74 Å². The molecule has 2 saturated heterocycles. The van der Waals surface area contributed by atoms with Crippen molar-refractivity contribution in [3.8, 4) is 0 Å². The van der Waals surface area contributed by atoms with E-state index in [-0.39, 0.29) is 0 Å². The zero-order valence-corrected chi connectivity index (χ0v) is 13.4. The molecule has 2 aliphatic heterocycles. The molecule has 3 aliphatic rings. The van der Waals surface area contributed by atoms with Gasteiger partial charge in [-0.1, -0.05) is 26.2 Å². The van der Waals surface area contributed by atoms with Crippen LogP contribution in [0.1, 0.15) is 65.2 Å². The van der Waals surface area contributed by atoms with Crippen LogP contribution in [0.25, 0.3) is 0 Å². The lowest BCUT2D eigenvalue weighted by molar-refractivity contribution is -0.0526. The van der Waals surface area contributed by atoms with Crippen LogP contribution >= 0.6 is 0 Å². The van der Waals surface area contributed by atoms with E-state index >= 15 is 0 Å². The molecule has 2 heterocycles. The Bertz CT molecular complexity index is 314. The van der Waals surface area contributed by atoms with Crippen molar-refractivity contribution in [2.45, 2.75) is 88.9 Å². The van der Waals surface area contributed by atoms with Gasteiger partial charge in [0.25, 0.3) is 0 Å². The fraction of sp³-hybridized carbons (Fsp3) is 1.00. The van der Waals surface area contributed by atoms with E-state index in [1.807, 2.05) is 0 Å². The van der Waals surface area contributed by atoms with Crippen LogP contribution in [0.4, 0.5) is 0 Å². The van der Waals surface area contributed by atoms with E-state index in [1.54, 1.807) is 0 Å². The Morgan fingerprint density at radius 2 is 2.05 bits per heavy atom. The number of ether oxygens (including phenoxy) is 1. The molecule has 0 aromatic rings. The Morgan fingerprint density at radius 3 is 2.75 bits per heavy atom. The van der Waals surface area contributed by atoms with Crippen molar-refractivity contribution in [2.24, 2.45) is 0 Å². The predicted octanol–water partition coefficient (Wildman–Crippen LogP) is 2.94. The lowest BCUT2D eigenvalue weighted by atomic mass is 9.78. The maximum atomic E-state index is 5.76. The molecule has 116 valence electrons. The Hall–Kier alpha value is -0.120. The van der Waals surface area contributed by atoms with E-state index in [0.717, 1.165) is 18.7 Å². The normalized spacial score (nSPS) is 39.0. The topological polar surface area (TPSA) is 24.5 Å². The first-order valence-corrected chi connectivity index (χ1v) is 8.85. The summed E-state index contributed by atoms with van der Waals surface area (Å²) >= 11 is 0. The minimum absolute atomic E-state index is 0.436. The monoisotopic (exact) mass is 280 g/mol. The molecule has 0 amide bonds. The second-order valence-corrected chi connectivity index (χ2v) is 7.32. The minimum Gasteiger partial charge on any atom is -0.378 e. The standard InChI is InChI=1S/C17H32N2O/c1-3-15-12-18-17(8-5-4-6-9-17)13-19(15)16-7-10-20-14(2)11-16/h14-16,18H,3-13H2,1-2H3. The van der Waals surface area contributed by atoms with E-state index in [1.165, 1.54) is 64.5 Å². The van der Waals surface area contributed by atoms with Gasteiger partial charge in [-0.25, -0.2) is 0 Å². The molecule has 3 rings (SSSR count). The fourth-order valence-electron chi connectivity index (χ4n) is 4.63. The molecule has 1 N–H and O–H groups in total. The third-order valence-electron chi connectivity index (χ3n) is 5.88. The third-order valence-corrected chi connectivity index (χ3v) is 5.88. The van der Waals surface area contributed by atoms with Gasteiger partial charge in [0.05, 0.1) is 6.10 Å². The summed E-state index contributed by atoms with van der Waals surface area (Å²) in [5.74, 6) is 0. The molecule has 20 heavy (non-hydrogen) atoms. The highest BCUT2D eigenvalue weighted by molar-refractivity contribution is 5.01. The average Bonchev–Trinajstić information content (AvgIpc) is 2.48. The first kappa shape index (κ1) is 14.8. The molecule has 0 bridgehead atoms. The largest absolute Gasteiger partial charge is 0.378 e. The van der Waals surface area contributed by atoms with Gasteiger partial charge in [-0.05, 0) is 39.0 Å². The van der Waals surface area contributed by atoms with Crippen molar-refractivity contribution in [1.82, 2.24) is 10.2 Å². The van der Waals surface area contributed by atoms with Crippen molar-refractivity contribution in [1.29, 1.82) is 0 Å². The van der Waals surface area contributed by atoms with Gasteiger partial charge < -0.3 is 10.1 Å². The molecular formula is C17H32N2O. The zero-order valence-electron chi connectivity index (χ0n) is 13.4. The second-order valence-electron chi connectivity index (χ2n) is 7.32. The maximum absolute atomic E-state index is 5.76. The van der Waals surface area contributed by atoms with Gasteiger partial charge in [-0.3, -0.25) is 4.90 Å². The summed E-state index contributed by atoms with van der Waals surface area (Å²) in [5.41, 5.74) is 0.436. The minimum atomic E-state index is 0.436. The molecule has 3 unspecified atom stereocenters. The van der Waals surface area contributed by atoms with Crippen LogP contribution in [0.2, 0.25) is 0 Å². The molecule has 1 aliphatic carbocycles. The summed E-state index contributed by atoms with van der Waals surface area (Å²) in [6.07, 6.45) is 11.2. The summed E-state index contributed by atoms with van der Waals surface area (Å²) in [6, 6.07) is 1.49. The SMILES string of the molecule is CCC1CNC2(CCCCC2)CN1C1CCOC(C)C1. The Morgan fingerprint density at radius 1 is 1.25 bits per heavy atom. The molecule has 1 saturated carbocycles. The number of rotatable bonds is 2. The highest BCUT2D eigenvalue weighted by Gasteiger charge is 2.42. The van der Waals surface area contributed by atoms with Crippen LogP contribution < -0.4 is 5.32 Å². The summed E-state index contributed by atoms with van der Waals surface area (Å²) in [7, 11) is 0. The summed E-state index contributed by atoms with van der Waals surface area (Å²) < 4.78 is 5.76. The van der Waals surface area contributed by atoms with Crippen molar-refractivity contribution in [3.05, 3.63) is 0 Å². The van der Waals surface area contributed by atoms with Gasteiger partial charge in [0.15, 0.2) is 0 Å². The van der Waals surface area contributed by atoms with E-state index in [0.29, 0.717) is 11.6 Å². The molecule has 1 spiro atoms.